The van der Waals surface area contributed by atoms with Crippen molar-refractivity contribution >= 4 is 11.7 Å². The molecule has 1 fully saturated rings. The van der Waals surface area contributed by atoms with Gasteiger partial charge in [-0.15, -0.1) is 0 Å². The van der Waals surface area contributed by atoms with Crippen molar-refractivity contribution in [3.63, 3.8) is 0 Å². The zero-order valence-electron chi connectivity index (χ0n) is 13.3. The van der Waals surface area contributed by atoms with Crippen molar-refractivity contribution in [2.24, 2.45) is 0 Å². The minimum atomic E-state index is -0.316. The first-order valence-electron chi connectivity index (χ1n) is 8.32. The molecule has 1 aliphatic heterocycles. The van der Waals surface area contributed by atoms with Gasteiger partial charge in [0.05, 0.1) is 0 Å². The highest BCUT2D eigenvalue weighted by Crippen LogP contribution is 2.41. The van der Waals surface area contributed by atoms with Gasteiger partial charge in [0.2, 0.25) is 0 Å². The molecule has 1 amide bonds. The Morgan fingerprint density at radius 1 is 1.39 bits per heavy atom. The molecule has 23 heavy (non-hydrogen) atoms. The van der Waals surface area contributed by atoms with E-state index in [0.717, 1.165) is 43.7 Å². The van der Waals surface area contributed by atoms with Gasteiger partial charge in [0.1, 0.15) is 24.0 Å². The number of nitrogens with one attached hydrogen (secondary N) is 1. The number of carbonyl (C=O) groups is 1. The Hall–Kier alpha value is -2.18. The zero-order chi connectivity index (χ0) is 15.9. The van der Waals surface area contributed by atoms with Crippen LogP contribution in [0.1, 0.15) is 63.1 Å². The second-order valence-electron chi connectivity index (χ2n) is 6.86. The number of anilines is 1. The number of rotatable bonds is 3. The molecule has 2 aromatic heterocycles. The molecule has 7 heteroatoms. The number of aryl methyl sites for hydroxylation is 1. The summed E-state index contributed by atoms with van der Waals surface area (Å²) >= 11 is 0. The van der Waals surface area contributed by atoms with Crippen molar-refractivity contribution in [3.8, 4) is 0 Å². The van der Waals surface area contributed by atoms with Gasteiger partial charge in [-0.05, 0) is 25.7 Å². The van der Waals surface area contributed by atoms with Crippen molar-refractivity contribution < 1.29 is 9.32 Å². The monoisotopic (exact) mass is 315 g/mol. The van der Waals surface area contributed by atoms with Crippen LogP contribution in [-0.2, 0) is 16.6 Å². The first-order chi connectivity index (χ1) is 11.2. The van der Waals surface area contributed by atoms with Crippen LogP contribution in [0.5, 0.6) is 0 Å². The minimum absolute atomic E-state index is 0.0554. The van der Waals surface area contributed by atoms with E-state index in [1.807, 2.05) is 6.07 Å². The lowest BCUT2D eigenvalue weighted by Crippen LogP contribution is -2.30. The summed E-state index contributed by atoms with van der Waals surface area (Å²) in [5.74, 6) is 2.13. The van der Waals surface area contributed by atoms with Crippen molar-refractivity contribution in [3.05, 3.63) is 24.0 Å². The molecule has 0 spiro atoms. The molecule has 7 nitrogen and oxygen atoms in total. The summed E-state index contributed by atoms with van der Waals surface area (Å²) in [7, 11) is 0. The van der Waals surface area contributed by atoms with Crippen LogP contribution < -0.4 is 5.32 Å². The molecule has 1 atom stereocenters. The van der Waals surface area contributed by atoms with Crippen LogP contribution in [0.3, 0.4) is 0 Å². The average Bonchev–Trinajstić information content (AvgIpc) is 3.26. The summed E-state index contributed by atoms with van der Waals surface area (Å²) < 4.78 is 7.22. The summed E-state index contributed by atoms with van der Waals surface area (Å²) in [4.78, 5) is 16.8. The second kappa shape index (κ2) is 5.47. The maximum Gasteiger partial charge on any atom is 0.250 e. The van der Waals surface area contributed by atoms with E-state index in [0.29, 0.717) is 5.82 Å². The molecule has 0 bridgehead atoms. The van der Waals surface area contributed by atoms with Crippen LogP contribution in [0.15, 0.2) is 16.9 Å². The van der Waals surface area contributed by atoms with E-state index in [1.165, 1.54) is 19.2 Å². The predicted molar refractivity (Wildman–Crippen MR) is 82.9 cm³/mol. The molecular weight excluding hydrogens is 294 g/mol. The maximum atomic E-state index is 12.6. The van der Waals surface area contributed by atoms with E-state index in [-0.39, 0.29) is 17.4 Å². The van der Waals surface area contributed by atoms with Crippen molar-refractivity contribution in [1.82, 2.24) is 19.9 Å². The Morgan fingerprint density at radius 3 is 3.04 bits per heavy atom. The molecule has 0 saturated heterocycles. The molecule has 2 aromatic rings. The lowest BCUT2D eigenvalue weighted by molar-refractivity contribution is -0.120. The van der Waals surface area contributed by atoms with Crippen LogP contribution >= 0.6 is 0 Å². The molecule has 1 aliphatic carbocycles. The van der Waals surface area contributed by atoms with E-state index >= 15 is 0 Å². The van der Waals surface area contributed by atoms with Gasteiger partial charge >= 0.3 is 0 Å². The van der Waals surface area contributed by atoms with Crippen LogP contribution in [-0.4, -0.2) is 25.8 Å². The molecule has 2 aliphatic rings. The summed E-state index contributed by atoms with van der Waals surface area (Å²) in [6, 6.07) is 1.55. The van der Waals surface area contributed by atoms with Gasteiger partial charge in [0.15, 0.2) is 5.82 Å². The maximum absolute atomic E-state index is 12.6. The standard InChI is InChI=1S/C16H21N5O2/c1-16(7-2-3-8-16)12-9-13(20-23-12)19-15(22)11-5-4-6-14-17-10-18-21(11)14/h9-11H,2-8H2,1H3,(H,19,20,22). The third-order valence-corrected chi connectivity index (χ3v) is 5.19. The Morgan fingerprint density at radius 2 is 2.22 bits per heavy atom. The number of aromatic nitrogens is 4. The molecule has 1 saturated carbocycles. The number of fused-ring (bicyclic) bond motifs is 1. The van der Waals surface area contributed by atoms with E-state index in [1.54, 1.807) is 4.68 Å². The molecule has 3 heterocycles. The fraction of sp³-hybridized carbons (Fsp3) is 0.625. The summed E-state index contributed by atoms with van der Waals surface area (Å²) in [5.41, 5.74) is 0.0554. The number of hydrogen-bond donors (Lipinski definition) is 1. The molecule has 4 rings (SSSR count). The highest BCUT2D eigenvalue weighted by atomic mass is 16.5. The Bertz CT molecular complexity index is 714. The second-order valence-corrected chi connectivity index (χ2v) is 6.86. The number of carbonyl (C=O) groups excluding carboxylic acids is 1. The number of hydrogen-bond acceptors (Lipinski definition) is 5. The molecular formula is C16H21N5O2. The zero-order valence-corrected chi connectivity index (χ0v) is 13.3. The summed E-state index contributed by atoms with van der Waals surface area (Å²) in [5, 5.41) is 11.1. The predicted octanol–water partition coefficient (Wildman–Crippen LogP) is 2.61. The van der Waals surface area contributed by atoms with E-state index in [2.05, 4.69) is 27.5 Å². The van der Waals surface area contributed by atoms with Gasteiger partial charge in [-0.1, -0.05) is 24.9 Å². The summed E-state index contributed by atoms with van der Waals surface area (Å²) in [6.45, 7) is 2.20. The Labute approximate surface area is 134 Å². The summed E-state index contributed by atoms with van der Waals surface area (Å²) in [6.07, 6.45) is 8.75. The van der Waals surface area contributed by atoms with E-state index in [9.17, 15) is 4.79 Å². The average molecular weight is 315 g/mol. The molecule has 1 unspecified atom stereocenters. The fourth-order valence-corrected chi connectivity index (χ4v) is 3.76. The number of nitrogens with zero attached hydrogens (tertiary/aromatic N) is 4. The molecule has 122 valence electrons. The van der Waals surface area contributed by atoms with Crippen molar-refractivity contribution in [2.45, 2.75) is 63.3 Å². The van der Waals surface area contributed by atoms with Crippen LogP contribution in [0, 0.1) is 0 Å². The van der Waals surface area contributed by atoms with Crippen molar-refractivity contribution in [2.75, 3.05) is 5.32 Å². The molecule has 1 N–H and O–H groups in total. The van der Waals surface area contributed by atoms with Gasteiger partial charge < -0.3 is 9.84 Å². The van der Waals surface area contributed by atoms with Crippen molar-refractivity contribution in [1.29, 1.82) is 0 Å². The number of amides is 1. The van der Waals surface area contributed by atoms with Crippen LogP contribution in [0.4, 0.5) is 5.82 Å². The van der Waals surface area contributed by atoms with Crippen LogP contribution in [0.25, 0.3) is 0 Å². The van der Waals surface area contributed by atoms with E-state index in [4.69, 9.17) is 4.52 Å². The van der Waals surface area contributed by atoms with Gasteiger partial charge in [-0.25, -0.2) is 9.67 Å². The fourth-order valence-electron chi connectivity index (χ4n) is 3.76. The minimum Gasteiger partial charge on any atom is -0.359 e. The van der Waals surface area contributed by atoms with Gasteiger partial charge in [0.25, 0.3) is 5.91 Å². The van der Waals surface area contributed by atoms with E-state index < -0.39 is 0 Å². The normalized spacial score (nSPS) is 22.7. The Balaban J connectivity index is 1.49. The third-order valence-electron chi connectivity index (χ3n) is 5.19. The first kappa shape index (κ1) is 14.4. The molecule has 0 aromatic carbocycles. The SMILES string of the molecule is CC1(c2cc(NC(=O)C3CCCc4ncnn43)no2)CCCC1. The van der Waals surface area contributed by atoms with Crippen LogP contribution in [0.2, 0.25) is 0 Å². The highest BCUT2D eigenvalue weighted by molar-refractivity contribution is 5.92. The quantitative estimate of drug-likeness (QED) is 0.941. The third kappa shape index (κ3) is 2.54. The van der Waals surface area contributed by atoms with Gasteiger partial charge in [-0.3, -0.25) is 4.79 Å². The van der Waals surface area contributed by atoms with Gasteiger partial charge in [-0.2, -0.15) is 5.10 Å². The smallest absolute Gasteiger partial charge is 0.250 e. The first-order valence-corrected chi connectivity index (χ1v) is 8.32. The molecule has 0 radical (unpaired) electrons. The largest absolute Gasteiger partial charge is 0.359 e. The highest BCUT2D eigenvalue weighted by Gasteiger charge is 2.35. The topological polar surface area (TPSA) is 85.8 Å². The Kier molecular flexibility index (Phi) is 3.43. The lowest BCUT2D eigenvalue weighted by Gasteiger charge is -2.22. The lowest BCUT2D eigenvalue weighted by atomic mass is 9.86. The van der Waals surface area contributed by atoms with Gasteiger partial charge in [0, 0.05) is 17.9 Å².